The molecule has 2 atom stereocenters. The zero-order valence-corrected chi connectivity index (χ0v) is 17.2. The Morgan fingerprint density at radius 2 is 1.52 bits per heavy atom. The van der Waals surface area contributed by atoms with Gasteiger partial charge in [-0.1, -0.05) is 60.7 Å². The number of halogens is 1. The molecular weight excluding hydrogens is 391 g/mol. The molecule has 2 aliphatic rings. The summed E-state index contributed by atoms with van der Waals surface area (Å²) < 4.78 is 20.2. The van der Waals surface area contributed by atoms with Crippen LogP contribution in [0.1, 0.15) is 24.0 Å². The molecule has 0 unspecified atom stereocenters. The van der Waals surface area contributed by atoms with Gasteiger partial charge in [-0.3, -0.25) is 9.69 Å². The van der Waals surface area contributed by atoms with E-state index in [1.54, 1.807) is 6.07 Å². The average molecular weight is 416 g/mol. The summed E-state index contributed by atoms with van der Waals surface area (Å²) in [5.41, 5.74) is 2.67. The molecule has 0 aromatic heterocycles. The molecule has 0 spiro atoms. The molecule has 0 saturated heterocycles. The lowest BCUT2D eigenvalue weighted by Gasteiger charge is -2.34. The maximum atomic E-state index is 13.8. The number of hydrogen-bond acceptors (Lipinski definition) is 3. The van der Waals surface area contributed by atoms with Gasteiger partial charge in [0, 0.05) is 19.2 Å². The van der Waals surface area contributed by atoms with E-state index in [4.69, 9.17) is 4.74 Å². The molecule has 5 rings (SSSR count). The van der Waals surface area contributed by atoms with Crippen molar-refractivity contribution in [2.75, 3.05) is 5.32 Å². The van der Waals surface area contributed by atoms with E-state index >= 15 is 0 Å². The monoisotopic (exact) mass is 416 g/mol. The van der Waals surface area contributed by atoms with E-state index in [9.17, 15) is 9.18 Å². The van der Waals surface area contributed by atoms with Gasteiger partial charge in [0.1, 0.15) is 23.7 Å². The summed E-state index contributed by atoms with van der Waals surface area (Å²) in [6.07, 6.45) is 1.80. The number of carbonyl (C=O) groups excluding carboxylic acids is 1. The second-order valence-electron chi connectivity index (χ2n) is 8.37. The summed E-state index contributed by atoms with van der Waals surface area (Å²) in [5.74, 6) is 0.317. The summed E-state index contributed by atoms with van der Waals surface area (Å²) in [7, 11) is 0. The van der Waals surface area contributed by atoms with Crippen LogP contribution in [-0.2, 0) is 17.9 Å². The van der Waals surface area contributed by atoms with Gasteiger partial charge in [-0.15, -0.1) is 0 Å². The summed E-state index contributed by atoms with van der Waals surface area (Å²) in [4.78, 5) is 15.7. The van der Waals surface area contributed by atoms with Crippen molar-refractivity contribution in [2.24, 2.45) is 5.92 Å². The molecule has 1 heterocycles. The number of rotatable bonds is 6. The molecular formula is C26H25FN2O2. The minimum Gasteiger partial charge on any atom is -0.486 e. The van der Waals surface area contributed by atoms with E-state index in [-0.39, 0.29) is 12.0 Å². The van der Waals surface area contributed by atoms with Crippen LogP contribution in [0.25, 0.3) is 0 Å². The first-order valence-corrected chi connectivity index (χ1v) is 10.8. The number of hydrogen-bond donors (Lipinski definition) is 1. The number of ether oxygens (including phenoxy) is 1. The largest absolute Gasteiger partial charge is 0.486 e. The highest BCUT2D eigenvalue weighted by molar-refractivity contribution is 5.97. The molecule has 5 heteroatoms. The number of nitrogens with one attached hydrogen (secondary N) is 1. The standard InChI is InChI=1S/C26H25FN2O2/c27-21-13-14-23-22(15-21)28-26(30)24(25(31-23)20-11-12-20)29(16-18-7-3-1-4-8-18)17-19-9-5-2-6-10-19/h1-10,13-15,20,24-25H,11-12,16-17H2,(H,28,30)/t24-,25+/m0/s1. The molecule has 0 bridgehead atoms. The number of carbonyl (C=O) groups is 1. The third-order valence-electron chi connectivity index (χ3n) is 5.98. The van der Waals surface area contributed by atoms with Crippen molar-refractivity contribution in [3.8, 4) is 5.75 Å². The fraction of sp³-hybridized carbons (Fsp3) is 0.269. The lowest BCUT2D eigenvalue weighted by Crippen LogP contribution is -2.52. The van der Waals surface area contributed by atoms with Crippen molar-refractivity contribution in [3.63, 3.8) is 0 Å². The van der Waals surface area contributed by atoms with Crippen molar-refractivity contribution >= 4 is 11.6 Å². The first-order valence-electron chi connectivity index (χ1n) is 10.8. The summed E-state index contributed by atoms with van der Waals surface area (Å²) in [6.45, 7) is 1.23. The van der Waals surface area contributed by atoms with Gasteiger partial charge in [-0.25, -0.2) is 4.39 Å². The minimum atomic E-state index is -0.483. The Bertz CT molecular complexity index is 1010. The van der Waals surface area contributed by atoms with Crippen LogP contribution in [0.5, 0.6) is 5.75 Å². The minimum absolute atomic E-state index is 0.145. The van der Waals surface area contributed by atoms with Crippen LogP contribution in [0.2, 0.25) is 0 Å². The number of fused-ring (bicyclic) bond motifs is 1. The predicted octanol–water partition coefficient (Wildman–Crippen LogP) is 5.01. The van der Waals surface area contributed by atoms with Crippen LogP contribution >= 0.6 is 0 Å². The Labute approximate surface area is 181 Å². The second kappa shape index (κ2) is 8.52. The predicted molar refractivity (Wildman–Crippen MR) is 118 cm³/mol. The summed E-state index contributed by atoms with van der Waals surface area (Å²) >= 11 is 0. The van der Waals surface area contributed by atoms with Crippen molar-refractivity contribution in [1.82, 2.24) is 4.90 Å². The molecule has 31 heavy (non-hydrogen) atoms. The van der Waals surface area contributed by atoms with Crippen molar-refractivity contribution in [2.45, 2.75) is 38.1 Å². The van der Waals surface area contributed by atoms with Gasteiger partial charge < -0.3 is 10.1 Å². The van der Waals surface area contributed by atoms with Crippen molar-refractivity contribution in [1.29, 1.82) is 0 Å². The summed E-state index contributed by atoms with van der Waals surface area (Å²) in [5, 5.41) is 2.93. The normalized spacial score (nSPS) is 20.5. The van der Waals surface area contributed by atoms with Gasteiger partial charge >= 0.3 is 0 Å². The van der Waals surface area contributed by atoms with Crippen LogP contribution in [0.4, 0.5) is 10.1 Å². The highest BCUT2D eigenvalue weighted by Gasteiger charge is 2.46. The fourth-order valence-electron chi connectivity index (χ4n) is 4.31. The van der Waals surface area contributed by atoms with Crippen molar-refractivity contribution in [3.05, 3.63) is 95.8 Å². The van der Waals surface area contributed by atoms with E-state index in [1.165, 1.54) is 12.1 Å². The fourth-order valence-corrected chi connectivity index (χ4v) is 4.31. The first kappa shape index (κ1) is 19.8. The Balaban J connectivity index is 1.51. The molecule has 3 aromatic carbocycles. The van der Waals surface area contributed by atoms with E-state index < -0.39 is 11.9 Å². The summed E-state index contributed by atoms with van der Waals surface area (Å²) in [6, 6.07) is 24.2. The molecule has 1 aliphatic heterocycles. The lowest BCUT2D eigenvalue weighted by atomic mass is 10.0. The third-order valence-corrected chi connectivity index (χ3v) is 5.98. The van der Waals surface area contributed by atoms with Gasteiger partial charge in [0.25, 0.3) is 0 Å². The van der Waals surface area contributed by atoms with Gasteiger partial charge in [0.05, 0.1) is 5.69 Å². The molecule has 158 valence electrons. The quantitative estimate of drug-likeness (QED) is 0.614. The highest BCUT2D eigenvalue weighted by atomic mass is 19.1. The molecule has 0 radical (unpaired) electrons. The van der Waals surface area contributed by atoms with E-state index in [0.717, 1.165) is 24.0 Å². The zero-order valence-electron chi connectivity index (χ0n) is 17.2. The third kappa shape index (κ3) is 4.47. The van der Waals surface area contributed by atoms with Gasteiger partial charge in [-0.05, 0) is 42.0 Å². The Morgan fingerprint density at radius 1 is 0.903 bits per heavy atom. The smallest absolute Gasteiger partial charge is 0.245 e. The van der Waals surface area contributed by atoms with Gasteiger partial charge in [0.15, 0.2) is 0 Å². The highest BCUT2D eigenvalue weighted by Crippen LogP contribution is 2.41. The van der Waals surface area contributed by atoms with Crippen LogP contribution in [0.15, 0.2) is 78.9 Å². The Morgan fingerprint density at radius 3 is 2.10 bits per heavy atom. The second-order valence-corrected chi connectivity index (χ2v) is 8.37. The molecule has 1 aliphatic carbocycles. The van der Waals surface area contributed by atoms with E-state index in [0.29, 0.717) is 30.4 Å². The number of anilines is 1. The van der Waals surface area contributed by atoms with Gasteiger partial charge in [0.2, 0.25) is 5.91 Å². The molecule has 1 amide bonds. The maximum Gasteiger partial charge on any atom is 0.245 e. The lowest BCUT2D eigenvalue weighted by molar-refractivity contribution is -0.125. The molecule has 1 saturated carbocycles. The average Bonchev–Trinajstić information content (AvgIpc) is 3.62. The van der Waals surface area contributed by atoms with E-state index in [1.807, 2.05) is 36.4 Å². The molecule has 1 fully saturated rings. The van der Waals surface area contributed by atoms with Crippen LogP contribution in [0.3, 0.4) is 0 Å². The number of amides is 1. The van der Waals surface area contributed by atoms with Gasteiger partial charge in [-0.2, -0.15) is 0 Å². The van der Waals surface area contributed by atoms with Crippen molar-refractivity contribution < 1.29 is 13.9 Å². The van der Waals surface area contributed by atoms with Crippen LogP contribution in [0, 0.1) is 11.7 Å². The SMILES string of the molecule is O=C1Nc2cc(F)ccc2O[C@H](C2CC2)[C@@H]1N(Cc1ccccc1)Cc1ccccc1. The Kier molecular flexibility index (Phi) is 5.43. The number of benzene rings is 3. The number of nitrogens with zero attached hydrogens (tertiary/aromatic N) is 1. The molecule has 4 nitrogen and oxygen atoms in total. The van der Waals surface area contributed by atoms with Crippen LogP contribution in [-0.4, -0.2) is 23.0 Å². The molecule has 3 aromatic rings. The zero-order chi connectivity index (χ0) is 21.2. The first-order chi connectivity index (χ1) is 15.2. The Hall–Kier alpha value is -3.18. The van der Waals surface area contributed by atoms with E-state index in [2.05, 4.69) is 34.5 Å². The van der Waals surface area contributed by atoms with Crippen LogP contribution < -0.4 is 10.1 Å². The molecule has 1 N–H and O–H groups in total. The maximum absolute atomic E-state index is 13.8. The topological polar surface area (TPSA) is 41.6 Å².